The molecular formula is C17H21ClN6O2. The van der Waals surface area contributed by atoms with Crippen LogP contribution in [0.1, 0.15) is 0 Å². The largest absolute Gasteiger partial charge is 0.378 e. The first-order chi connectivity index (χ1) is 12.5. The number of benzene rings is 1. The fourth-order valence-electron chi connectivity index (χ4n) is 2.53. The highest BCUT2D eigenvalue weighted by Crippen LogP contribution is 2.24. The standard InChI is InChI=1S/C17H21ClN6O2/c1-23(2)15-14(11-19-16(22-15)24-7-9-26-10-8-24)21-17(25)20-13-5-3-12(18)4-6-13/h3-6,11H,7-10H2,1-2H3,(H2,20,21,25). The maximum atomic E-state index is 12.3. The van der Waals surface area contributed by atoms with Crippen LogP contribution < -0.4 is 20.4 Å². The molecule has 138 valence electrons. The number of morpholine rings is 1. The summed E-state index contributed by atoms with van der Waals surface area (Å²) in [7, 11) is 3.74. The van der Waals surface area contributed by atoms with Crippen molar-refractivity contribution in [2.24, 2.45) is 0 Å². The molecule has 1 aliphatic heterocycles. The lowest BCUT2D eigenvalue weighted by molar-refractivity contribution is 0.122. The molecule has 1 aliphatic rings. The van der Waals surface area contributed by atoms with E-state index < -0.39 is 0 Å². The first-order valence-electron chi connectivity index (χ1n) is 8.23. The Morgan fingerprint density at radius 2 is 1.88 bits per heavy atom. The van der Waals surface area contributed by atoms with Crippen LogP contribution in [-0.2, 0) is 4.74 Å². The highest BCUT2D eigenvalue weighted by molar-refractivity contribution is 6.30. The molecule has 2 N–H and O–H groups in total. The third-order valence-electron chi connectivity index (χ3n) is 3.82. The molecule has 26 heavy (non-hydrogen) atoms. The van der Waals surface area contributed by atoms with Gasteiger partial charge in [0.05, 0.1) is 19.4 Å². The quantitative estimate of drug-likeness (QED) is 0.853. The number of nitrogens with one attached hydrogen (secondary N) is 2. The Morgan fingerprint density at radius 1 is 1.19 bits per heavy atom. The number of carbonyl (C=O) groups excluding carboxylic acids is 1. The third-order valence-corrected chi connectivity index (χ3v) is 4.08. The number of anilines is 4. The van der Waals surface area contributed by atoms with Crippen LogP contribution in [0.25, 0.3) is 0 Å². The topological polar surface area (TPSA) is 82.6 Å². The van der Waals surface area contributed by atoms with Crippen molar-refractivity contribution in [2.45, 2.75) is 0 Å². The minimum absolute atomic E-state index is 0.377. The molecule has 1 fully saturated rings. The molecule has 1 aromatic heterocycles. The van der Waals surface area contributed by atoms with Crippen LogP contribution >= 0.6 is 11.6 Å². The van der Waals surface area contributed by atoms with E-state index in [9.17, 15) is 4.79 Å². The Hall–Kier alpha value is -2.58. The SMILES string of the molecule is CN(C)c1nc(N2CCOCC2)ncc1NC(=O)Nc1ccc(Cl)cc1. The molecule has 0 unspecified atom stereocenters. The lowest BCUT2D eigenvalue weighted by atomic mass is 10.3. The summed E-state index contributed by atoms with van der Waals surface area (Å²) >= 11 is 5.85. The maximum absolute atomic E-state index is 12.3. The number of nitrogens with zero attached hydrogens (tertiary/aromatic N) is 4. The van der Waals surface area contributed by atoms with E-state index >= 15 is 0 Å². The van der Waals surface area contributed by atoms with Gasteiger partial charge in [-0.05, 0) is 24.3 Å². The Bertz CT molecular complexity index is 762. The zero-order chi connectivity index (χ0) is 18.5. The number of hydrogen-bond donors (Lipinski definition) is 2. The number of halogens is 1. The van der Waals surface area contributed by atoms with E-state index in [1.807, 2.05) is 19.0 Å². The summed E-state index contributed by atoms with van der Waals surface area (Å²) in [5, 5.41) is 6.15. The van der Waals surface area contributed by atoms with Gasteiger partial charge in [0.25, 0.3) is 0 Å². The zero-order valence-corrected chi connectivity index (χ0v) is 15.5. The molecular weight excluding hydrogens is 356 g/mol. The van der Waals surface area contributed by atoms with Crippen molar-refractivity contribution < 1.29 is 9.53 Å². The Labute approximate surface area is 157 Å². The average molecular weight is 377 g/mol. The Morgan fingerprint density at radius 3 is 2.54 bits per heavy atom. The van der Waals surface area contributed by atoms with Crippen molar-refractivity contribution >= 4 is 40.8 Å². The number of urea groups is 1. The number of ether oxygens (including phenoxy) is 1. The van der Waals surface area contributed by atoms with Crippen molar-refractivity contribution in [3.63, 3.8) is 0 Å². The van der Waals surface area contributed by atoms with E-state index in [1.165, 1.54) is 0 Å². The number of aromatic nitrogens is 2. The van der Waals surface area contributed by atoms with Crippen LogP contribution in [0.2, 0.25) is 5.02 Å². The van der Waals surface area contributed by atoms with Gasteiger partial charge in [-0.1, -0.05) is 11.6 Å². The molecule has 8 nitrogen and oxygen atoms in total. The van der Waals surface area contributed by atoms with Gasteiger partial charge in [-0.3, -0.25) is 0 Å². The molecule has 1 aromatic carbocycles. The van der Waals surface area contributed by atoms with Gasteiger partial charge in [0, 0.05) is 37.9 Å². The summed E-state index contributed by atoms with van der Waals surface area (Å²) in [5.41, 5.74) is 1.17. The van der Waals surface area contributed by atoms with Crippen molar-refractivity contribution in [3.8, 4) is 0 Å². The molecule has 0 bridgehead atoms. The minimum Gasteiger partial charge on any atom is -0.378 e. The van der Waals surface area contributed by atoms with Gasteiger partial charge >= 0.3 is 6.03 Å². The van der Waals surface area contributed by atoms with Gasteiger partial charge in [0.2, 0.25) is 5.95 Å². The van der Waals surface area contributed by atoms with Gasteiger partial charge in [-0.15, -0.1) is 0 Å². The van der Waals surface area contributed by atoms with E-state index in [0.717, 1.165) is 13.1 Å². The molecule has 9 heteroatoms. The minimum atomic E-state index is -0.377. The number of amides is 2. The van der Waals surface area contributed by atoms with E-state index in [1.54, 1.807) is 30.5 Å². The van der Waals surface area contributed by atoms with E-state index in [4.69, 9.17) is 16.3 Å². The van der Waals surface area contributed by atoms with Gasteiger partial charge in [0.1, 0.15) is 5.69 Å². The lowest BCUT2D eigenvalue weighted by Gasteiger charge is -2.28. The summed E-state index contributed by atoms with van der Waals surface area (Å²) in [6.45, 7) is 2.81. The van der Waals surface area contributed by atoms with E-state index in [2.05, 4.69) is 25.5 Å². The maximum Gasteiger partial charge on any atom is 0.323 e. The summed E-state index contributed by atoms with van der Waals surface area (Å²) in [5.74, 6) is 1.26. The molecule has 0 aliphatic carbocycles. The van der Waals surface area contributed by atoms with Gasteiger partial charge in [0.15, 0.2) is 5.82 Å². The average Bonchev–Trinajstić information content (AvgIpc) is 2.64. The summed E-state index contributed by atoms with van der Waals surface area (Å²) in [6, 6.07) is 6.50. The fraction of sp³-hybridized carbons (Fsp3) is 0.353. The molecule has 2 aromatic rings. The highest BCUT2D eigenvalue weighted by Gasteiger charge is 2.18. The van der Waals surface area contributed by atoms with Crippen LogP contribution in [0.4, 0.5) is 27.9 Å². The predicted octanol–water partition coefficient (Wildman–Crippen LogP) is 2.68. The lowest BCUT2D eigenvalue weighted by Crippen LogP contribution is -2.37. The first kappa shape index (κ1) is 18.2. The highest BCUT2D eigenvalue weighted by atomic mass is 35.5. The molecule has 0 spiro atoms. The van der Waals surface area contributed by atoms with E-state index in [-0.39, 0.29) is 6.03 Å². The summed E-state index contributed by atoms with van der Waals surface area (Å²) in [6.07, 6.45) is 1.62. The molecule has 2 heterocycles. The summed E-state index contributed by atoms with van der Waals surface area (Å²) < 4.78 is 5.36. The zero-order valence-electron chi connectivity index (χ0n) is 14.7. The molecule has 0 atom stereocenters. The number of hydrogen-bond acceptors (Lipinski definition) is 6. The second kappa shape index (κ2) is 8.20. The molecule has 2 amide bonds. The van der Waals surface area contributed by atoms with Crippen LogP contribution in [0.3, 0.4) is 0 Å². The van der Waals surface area contributed by atoms with Gasteiger partial charge < -0.3 is 25.2 Å². The predicted molar refractivity (Wildman–Crippen MR) is 103 cm³/mol. The van der Waals surface area contributed by atoms with Crippen LogP contribution in [-0.4, -0.2) is 56.4 Å². The van der Waals surface area contributed by atoms with Gasteiger partial charge in [-0.25, -0.2) is 9.78 Å². The molecule has 1 saturated heterocycles. The van der Waals surface area contributed by atoms with Crippen molar-refractivity contribution in [3.05, 3.63) is 35.5 Å². The Balaban J connectivity index is 1.73. The third kappa shape index (κ3) is 4.53. The Kier molecular flexibility index (Phi) is 5.75. The second-order valence-corrected chi connectivity index (χ2v) is 6.42. The van der Waals surface area contributed by atoms with Crippen molar-refractivity contribution in [2.75, 3.05) is 60.8 Å². The van der Waals surface area contributed by atoms with Crippen molar-refractivity contribution in [1.82, 2.24) is 9.97 Å². The van der Waals surface area contributed by atoms with Gasteiger partial charge in [-0.2, -0.15) is 4.98 Å². The molecule has 0 saturated carbocycles. The van der Waals surface area contributed by atoms with Crippen LogP contribution in [0.5, 0.6) is 0 Å². The van der Waals surface area contributed by atoms with Crippen LogP contribution in [0.15, 0.2) is 30.5 Å². The van der Waals surface area contributed by atoms with Crippen LogP contribution in [0, 0.1) is 0 Å². The first-order valence-corrected chi connectivity index (χ1v) is 8.61. The molecule has 0 radical (unpaired) electrons. The molecule has 3 rings (SSSR count). The van der Waals surface area contributed by atoms with Crippen molar-refractivity contribution in [1.29, 1.82) is 0 Å². The van der Waals surface area contributed by atoms with E-state index in [0.29, 0.717) is 41.4 Å². The second-order valence-electron chi connectivity index (χ2n) is 5.99. The summed E-state index contributed by atoms with van der Waals surface area (Å²) in [4.78, 5) is 25.2. The number of carbonyl (C=O) groups is 1. The fourth-order valence-corrected chi connectivity index (χ4v) is 2.65. The monoisotopic (exact) mass is 376 g/mol. The normalized spacial score (nSPS) is 14.0. The smallest absolute Gasteiger partial charge is 0.323 e. The number of rotatable bonds is 4.